The van der Waals surface area contributed by atoms with E-state index in [9.17, 15) is 9.18 Å². The lowest BCUT2D eigenvalue weighted by atomic mass is 10.1. The summed E-state index contributed by atoms with van der Waals surface area (Å²) in [4.78, 5) is 14.8. The van der Waals surface area contributed by atoms with Crippen LogP contribution in [0.2, 0.25) is 0 Å². The lowest BCUT2D eigenvalue weighted by Crippen LogP contribution is -2.38. The fourth-order valence-corrected chi connectivity index (χ4v) is 4.01. The predicted octanol–water partition coefficient (Wildman–Crippen LogP) is 3.95. The fourth-order valence-electron chi connectivity index (χ4n) is 4.01. The second kappa shape index (κ2) is 10.4. The van der Waals surface area contributed by atoms with Crippen LogP contribution in [0.25, 0.3) is 11.3 Å². The van der Waals surface area contributed by atoms with E-state index in [-0.39, 0.29) is 24.2 Å². The van der Waals surface area contributed by atoms with Gasteiger partial charge in [-0.25, -0.2) is 4.39 Å². The zero-order valence-corrected chi connectivity index (χ0v) is 18.9. The molecule has 1 aliphatic heterocycles. The molecule has 1 aromatic heterocycles. The number of hydrogen-bond acceptors (Lipinski definition) is 5. The number of hydrogen-bond donors (Lipinski definition) is 2. The van der Waals surface area contributed by atoms with Crippen LogP contribution in [0.5, 0.6) is 11.5 Å². The molecule has 0 spiro atoms. The topological polar surface area (TPSA) is 79.5 Å². The lowest BCUT2D eigenvalue weighted by Gasteiger charge is -2.16. The minimum Gasteiger partial charge on any atom is -0.490 e. The van der Waals surface area contributed by atoms with Gasteiger partial charge in [-0.05, 0) is 67.8 Å². The molecule has 1 fully saturated rings. The van der Waals surface area contributed by atoms with E-state index in [4.69, 9.17) is 9.47 Å². The third kappa shape index (κ3) is 5.63. The van der Waals surface area contributed by atoms with Crippen LogP contribution in [-0.2, 0) is 11.2 Å². The number of amides is 1. The molecule has 2 heterocycles. The number of ether oxygens (including phenoxy) is 2. The Morgan fingerprint density at radius 2 is 1.88 bits per heavy atom. The number of carbonyl (C=O) groups is 1. The zero-order chi connectivity index (χ0) is 23.2. The lowest BCUT2D eigenvalue weighted by molar-refractivity contribution is -0.121. The number of carbonyl (C=O) groups excluding carboxylic acids is 1. The summed E-state index contributed by atoms with van der Waals surface area (Å²) in [5.41, 5.74) is 2.59. The monoisotopic (exact) mass is 452 g/mol. The van der Waals surface area contributed by atoms with Gasteiger partial charge in [-0.1, -0.05) is 6.07 Å². The molecule has 174 valence electrons. The number of anilines is 1. The van der Waals surface area contributed by atoms with Gasteiger partial charge in [-0.2, -0.15) is 5.10 Å². The van der Waals surface area contributed by atoms with E-state index in [1.54, 1.807) is 12.1 Å². The molecule has 0 radical (unpaired) electrons. The highest BCUT2D eigenvalue weighted by atomic mass is 19.1. The normalized spacial score (nSPS) is 15.5. The summed E-state index contributed by atoms with van der Waals surface area (Å²) in [7, 11) is 0. The molecule has 0 unspecified atom stereocenters. The van der Waals surface area contributed by atoms with Crippen LogP contribution < -0.4 is 19.7 Å². The Bertz CT molecular complexity index is 1080. The van der Waals surface area contributed by atoms with Crippen molar-refractivity contribution < 1.29 is 18.7 Å². The SMILES string of the molecule is CCOc1ccc(CC(=O)N[C@@H]2CCN(c3cc(-c4ccc(F)cc4)[nH]n3)C2)cc1OCC. The molecule has 1 aliphatic rings. The van der Waals surface area contributed by atoms with Crippen molar-refractivity contribution in [3.8, 4) is 22.8 Å². The maximum absolute atomic E-state index is 13.2. The standard InChI is InChI=1S/C25H29FN4O3/c1-3-32-22-10-5-17(13-23(22)33-4-2)14-25(31)27-20-11-12-30(16-20)24-15-21(28-29-24)18-6-8-19(26)9-7-18/h5-10,13,15,20H,3-4,11-12,14,16H2,1-2H3,(H,27,31)(H,28,29)/t20-/m1/s1. The maximum Gasteiger partial charge on any atom is 0.224 e. The molecule has 4 rings (SSSR count). The first-order chi connectivity index (χ1) is 16.1. The minimum absolute atomic E-state index is 0.0255. The molecular weight excluding hydrogens is 423 g/mol. The number of benzene rings is 2. The van der Waals surface area contributed by atoms with Crippen LogP contribution in [0, 0.1) is 5.82 Å². The van der Waals surface area contributed by atoms with E-state index >= 15 is 0 Å². The van der Waals surface area contributed by atoms with Crippen molar-refractivity contribution in [3.05, 3.63) is 59.9 Å². The van der Waals surface area contributed by atoms with Crippen molar-refractivity contribution in [3.63, 3.8) is 0 Å². The molecule has 1 amide bonds. The van der Waals surface area contributed by atoms with Crippen LogP contribution in [0.4, 0.5) is 10.2 Å². The average Bonchev–Trinajstić information content (AvgIpc) is 3.46. The Balaban J connectivity index is 1.32. The molecule has 2 aromatic carbocycles. The quantitative estimate of drug-likeness (QED) is 0.514. The van der Waals surface area contributed by atoms with Gasteiger partial charge in [0.2, 0.25) is 5.91 Å². The van der Waals surface area contributed by atoms with Gasteiger partial charge in [0.25, 0.3) is 0 Å². The Labute approximate surface area is 192 Å². The molecule has 8 heteroatoms. The van der Waals surface area contributed by atoms with Crippen molar-refractivity contribution in [2.45, 2.75) is 32.7 Å². The number of rotatable bonds is 9. The highest BCUT2D eigenvalue weighted by molar-refractivity contribution is 5.79. The number of aromatic nitrogens is 2. The van der Waals surface area contributed by atoms with Gasteiger partial charge in [0, 0.05) is 25.2 Å². The number of aromatic amines is 1. The molecule has 33 heavy (non-hydrogen) atoms. The van der Waals surface area contributed by atoms with Crippen molar-refractivity contribution in [2.75, 3.05) is 31.2 Å². The molecule has 7 nitrogen and oxygen atoms in total. The third-order valence-corrected chi connectivity index (χ3v) is 5.57. The van der Waals surface area contributed by atoms with Gasteiger partial charge in [0.1, 0.15) is 5.82 Å². The highest BCUT2D eigenvalue weighted by Gasteiger charge is 2.26. The van der Waals surface area contributed by atoms with Gasteiger partial charge < -0.3 is 19.7 Å². The second-order valence-electron chi connectivity index (χ2n) is 7.97. The molecular formula is C25H29FN4O3. The summed E-state index contributed by atoms with van der Waals surface area (Å²) in [5, 5.41) is 10.5. The summed E-state index contributed by atoms with van der Waals surface area (Å²) in [5.74, 6) is 1.87. The average molecular weight is 453 g/mol. The van der Waals surface area contributed by atoms with E-state index in [2.05, 4.69) is 20.4 Å². The van der Waals surface area contributed by atoms with Gasteiger partial charge in [0.15, 0.2) is 17.3 Å². The van der Waals surface area contributed by atoms with Crippen LogP contribution in [-0.4, -0.2) is 48.4 Å². The number of nitrogens with one attached hydrogen (secondary N) is 2. The first kappa shape index (κ1) is 22.6. The molecule has 0 saturated carbocycles. The summed E-state index contributed by atoms with van der Waals surface area (Å²) >= 11 is 0. The van der Waals surface area contributed by atoms with E-state index < -0.39 is 0 Å². The van der Waals surface area contributed by atoms with Crippen LogP contribution in [0.3, 0.4) is 0 Å². The molecule has 1 atom stereocenters. The van der Waals surface area contributed by atoms with Gasteiger partial charge in [-0.15, -0.1) is 0 Å². The molecule has 3 aromatic rings. The maximum atomic E-state index is 13.2. The van der Waals surface area contributed by atoms with Gasteiger partial charge in [-0.3, -0.25) is 9.89 Å². The van der Waals surface area contributed by atoms with Crippen LogP contribution in [0.1, 0.15) is 25.8 Å². The Kier molecular flexibility index (Phi) is 7.12. The largest absolute Gasteiger partial charge is 0.490 e. The summed E-state index contributed by atoms with van der Waals surface area (Å²) in [6.45, 7) is 6.42. The molecule has 1 saturated heterocycles. The number of nitrogens with zero attached hydrogens (tertiary/aromatic N) is 2. The first-order valence-electron chi connectivity index (χ1n) is 11.3. The van der Waals surface area contributed by atoms with Crippen LogP contribution in [0.15, 0.2) is 48.5 Å². The number of H-pyrrole nitrogens is 1. The predicted molar refractivity (Wildman–Crippen MR) is 125 cm³/mol. The second-order valence-corrected chi connectivity index (χ2v) is 7.97. The molecule has 2 N–H and O–H groups in total. The Morgan fingerprint density at radius 3 is 2.64 bits per heavy atom. The van der Waals surface area contributed by atoms with Gasteiger partial charge in [0.05, 0.1) is 25.3 Å². The Morgan fingerprint density at radius 1 is 1.12 bits per heavy atom. The Hall–Kier alpha value is -3.55. The van der Waals surface area contributed by atoms with E-state index in [1.807, 2.05) is 38.1 Å². The van der Waals surface area contributed by atoms with E-state index in [1.165, 1.54) is 12.1 Å². The van der Waals surface area contributed by atoms with Crippen molar-refractivity contribution in [2.24, 2.45) is 0 Å². The summed E-state index contributed by atoms with van der Waals surface area (Å²) in [6.07, 6.45) is 1.12. The first-order valence-corrected chi connectivity index (χ1v) is 11.3. The van der Waals surface area contributed by atoms with E-state index in [0.29, 0.717) is 31.3 Å². The zero-order valence-electron chi connectivity index (χ0n) is 18.9. The third-order valence-electron chi connectivity index (χ3n) is 5.57. The summed E-state index contributed by atoms with van der Waals surface area (Å²) in [6, 6.07) is 13.9. The van der Waals surface area contributed by atoms with Crippen molar-refractivity contribution in [1.82, 2.24) is 15.5 Å². The number of halogens is 1. The minimum atomic E-state index is -0.268. The molecule has 0 bridgehead atoms. The fraction of sp³-hybridized carbons (Fsp3) is 0.360. The van der Waals surface area contributed by atoms with Crippen molar-refractivity contribution in [1.29, 1.82) is 0 Å². The van der Waals surface area contributed by atoms with Gasteiger partial charge >= 0.3 is 0 Å². The van der Waals surface area contributed by atoms with E-state index in [0.717, 1.165) is 35.6 Å². The van der Waals surface area contributed by atoms with Crippen molar-refractivity contribution >= 4 is 11.7 Å². The molecule has 0 aliphatic carbocycles. The van der Waals surface area contributed by atoms with Crippen LogP contribution >= 0.6 is 0 Å². The summed E-state index contributed by atoms with van der Waals surface area (Å²) < 4.78 is 24.4. The smallest absolute Gasteiger partial charge is 0.224 e. The highest BCUT2D eigenvalue weighted by Crippen LogP contribution is 2.29.